The molecule has 1 amide bonds. The maximum atomic E-state index is 12.5. The summed E-state index contributed by atoms with van der Waals surface area (Å²) < 4.78 is 4.87. The molecule has 1 aliphatic rings. The van der Waals surface area contributed by atoms with E-state index in [0.717, 1.165) is 25.1 Å². The molecule has 7 heteroatoms. The Balaban J connectivity index is 2.36. The van der Waals surface area contributed by atoms with Crippen LogP contribution in [0.4, 0.5) is 16.2 Å². The molecule has 1 aliphatic heterocycles. The molecule has 0 aliphatic carbocycles. The van der Waals surface area contributed by atoms with Crippen molar-refractivity contribution in [3.8, 4) is 0 Å². The van der Waals surface area contributed by atoms with Gasteiger partial charge in [-0.15, -0.1) is 0 Å². The van der Waals surface area contributed by atoms with Gasteiger partial charge in [0.05, 0.1) is 16.9 Å². The van der Waals surface area contributed by atoms with Gasteiger partial charge in [0.2, 0.25) is 0 Å². The smallest absolute Gasteiger partial charge is 0.415 e. The number of benzene rings is 1. The van der Waals surface area contributed by atoms with Crippen molar-refractivity contribution in [2.75, 3.05) is 29.4 Å². The lowest BCUT2D eigenvalue weighted by Crippen LogP contribution is -2.46. The van der Waals surface area contributed by atoms with Crippen LogP contribution in [0.2, 0.25) is 0 Å². The molecule has 0 saturated heterocycles. The van der Waals surface area contributed by atoms with Crippen molar-refractivity contribution in [2.24, 2.45) is 0 Å². The van der Waals surface area contributed by atoms with E-state index < -0.39 is 15.7 Å². The summed E-state index contributed by atoms with van der Waals surface area (Å²) in [6.07, 6.45) is 1.66. The highest BCUT2D eigenvalue weighted by Crippen LogP contribution is 2.35. The number of fused-ring (bicyclic) bond motifs is 1. The molecule has 1 N–H and O–H groups in total. The van der Waals surface area contributed by atoms with Gasteiger partial charge in [-0.1, -0.05) is 13.3 Å². The average molecular weight is 446 g/mol. The molecule has 0 spiro atoms. The Kier molecular flexibility index (Phi) is 5.95. The van der Waals surface area contributed by atoms with Gasteiger partial charge in [-0.2, -0.15) is 0 Å². The minimum atomic E-state index is -0.971. The highest BCUT2D eigenvalue weighted by Gasteiger charge is 2.31. The minimum Gasteiger partial charge on any atom is -0.478 e. The molecule has 132 valence electrons. The van der Waals surface area contributed by atoms with Crippen LogP contribution in [0, 0.1) is 0 Å². The van der Waals surface area contributed by atoms with Crippen molar-refractivity contribution in [1.29, 1.82) is 0 Å². The molecule has 0 fully saturated rings. The number of amides is 1. The first-order valence-corrected chi connectivity index (χ1v) is 9.12. The number of carbonyl (C=O) groups excluding carboxylic acids is 1. The first-order valence-electron chi connectivity index (χ1n) is 8.04. The Morgan fingerprint density at radius 1 is 1.29 bits per heavy atom. The highest BCUT2D eigenvalue weighted by atomic mass is 127. The third-order valence-electron chi connectivity index (χ3n) is 3.78. The number of ether oxygens (including phenoxy) is 1. The summed E-state index contributed by atoms with van der Waals surface area (Å²) in [5.74, 6) is -0.971. The summed E-state index contributed by atoms with van der Waals surface area (Å²) >= 11 is 2.07. The van der Waals surface area contributed by atoms with Crippen LogP contribution < -0.4 is 9.80 Å². The molecule has 0 atom stereocenters. The number of unbranched alkanes of at least 4 members (excludes halogenated alkanes) is 1. The SMILES string of the molecule is CCCCN1CCN(C(=O)OC(C)(C)I)c2ccc(C(=O)O)cc21. The third-order valence-corrected chi connectivity index (χ3v) is 4.00. The van der Waals surface area contributed by atoms with Crippen LogP contribution >= 0.6 is 22.6 Å². The second-order valence-electron chi connectivity index (χ2n) is 6.23. The topological polar surface area (TPSA) is 70.1 Å². The second-order valence-corrected chi connectivity index (χ2v) is 8.83. The molecular weight excluding hydrogens is 423 g/mol. The summed E-state index contributed by atoms with van der Waals surface area (Å²) in [5, 5.41) is 9.25. The van der Waals surface area contributed by atoms with Crippen molar-refractivity contribution >= 4 is 46.0 Å². The number of aromatic carboxylic acids is 1. The zero-order chi connectivity index (χ0) is 17.9. The number of hydrogen-bond donors (Lipinski definition) is 1. The monoisotopic (exact) mass is 446 g/mol. The van der Waals surface area contributed by atoms with Crippen LogP contribution in [-0.2, 0) is 4.74 Å². The van der Waals surface area contributed by atoms with E-state index in [1.807, 2.05) is 13.8 Å². The van der Waals surface area contributed by atoms with Crippen molar-refractivity contribution in [3.63, 3.8) is 0 Å². The number of carboxylic acids is 1. The van der Waals surface area contributed by atoms with Gasteiger partial charge in [0.15, 0.2) is 3.61 Å². The van der Waals surface area contributed by atoms with Crippen LogP contribution in [0.5, 0.6) is 0 Å². The number of alkyl halides is 1. The number of carboxylic acid groups (broad SMARTS) is 1. The molecule has 6 nitrogen and oxygen atoms in total. The Bertz CT molecular complexity index is 628. The molecule has 0 aromatic heterocycles. The number of halogens is 1. The molecule has 0 saturated carbocycles. The fraction of sp³-hybridized carbons (Fsp3) is 0.529. The fourth-order valence-electron chi connectivity index (χ4n) is 2.63. The van der Waals surface area contributed by atoms with Gasteiger partial charge >= 0.3 is 12.1 Å². The van der Waals surface area contributed by atoms with Gasteiger partial charge in [-0.05, 0) is 61.1 Å². The minimum absolute atomic E-state index is 0.222. The van der Waals surface area contributed by atoms with Gasteiger partial charge in [0.25, 0.3) is 0 Å². The van der Waals surface area contributed by atoms with Crippen LogP contribution in [-0.4, -0.2) is 40.4 Å². The van der Waals surface area contributed by atoms with E-state index in [-0.39, 0.29) is 5.56 Å². The maximum absolute atomic E-state index is 12.5. The molecule has 2 rings (SSSR count). The second kappa shape index (κ2) is 7.58. The number of anilines is 2. The van der Waals surface area contributed by atoms with Gasteiger partial charge in [0.1, 0.15) is 0 Å². The van der Waals surface area contributed by atoms with Crippen molar-refractivity contribution < 1.29 is 19.4 Å². The van der Waals surface area contributed by atoms with Crippen LogP contribution in [0.25, 0.3) is 0 Å². The van der Waals surface area contributed by atoms with Crippen LogP contribution in [0.3, 0.4) is 0 Å². The Morgan fingerprint density at radius 3 is 2.58 bits per heavy atom. The summed E-state index contributed by atoms with van der Waals surface area (Å²) in [7, 11) is 0. The molecule has 1 aromatic rings. The van der Waals surface area contributed by atoms with Gasteiger partial charge in [-0.25, -0.2) is 9.59 Å². The maximum Gasteiger partial charge on any atom is 0.415 e. The molecular formula is C17H23IN2O4. The number of nitrogens with zero attached hydrogens (tertiary/aromatic N) is 2. The van der Waals surface area contributed by atoms with E-state index in [9.17, 15) is 14.7 Å². The lowest BCUT2D eigenvalue weighted by Gasteiger charge is -2.38. The molecule has 24 heavy (non-hydrogen) atoms. The Labute approximate surface area is 155 Å². The van der Waals surface area contributed by atoms with Crippen molar-refractivity contribution in [2.45, 2.75) is 37.2 Å². The third kappa shape index (κ3) is 4.52. The lowest BCUT2D eigenvalue weighted by atomic mass is 10.1. The predicted molar refractivity (Wildman–Crippen MR) is 102 cm³/mol. The van der Waals surface area contributed by atoms with E-state index in [1.54, 1.807) is 17.0 Å². The zero-order valence-electron chi connectivity index (χ0n) is 14.2. The average Bonchev–Trinajstić information content (AvgIpc) is 2.50. The van der Waals surface area contributed by atoms with Crippen molar-refractivity contribution in [3.05, 3.63) is 23.8 Å². The van der Waals surface area contributed by atoms with Crippen LogP contribution in [0.1, 0.15) is 44.0 Å². The normalized spacial score (nSPS) is 14.3. The molecule has 1 heterocycles. The van der Waals surface area contributed by atoms with E-state index in [1.165, 1.54) is 6.07 Å². The largest absolute Gasteiger partial charge is 0.478 e. The molecule has 0 bridgehead atoms. The van der Waals surface area contributed by atoms with Crippen molar-refractivity contribution in [1.82, 2.24) is 0 Å². The van der Waals surface area contributed by atoms with Gasteiger partial charge < -0.3 is 14.7 Å². The number of rotatable bonds is 5. The summed E-state index contributed by atoms with van der Waals surface area (Å²) in [4.78, 5) is 27.5. The van der Waals surface area contributed by atoms with Gasteiger partial charge in [0, 0.05) is 19.6 Å². The Morgan fingerprint density at radius 2 is 2.00 bits per heavy atom. The molecule has 0 unspecified atom stereocenters. The lowest BCUT2D eigenvalue weighted by molar-refractivity contribution is 0.0697. The van der Waals surface area contributed by atoms with Gasteiger partial charge in [-0.3, -0.25) is 4.90 Å². The quantitative estimate of drug-likeness (QED) is 0.545. The number of hydrogen-bond acceptors (Lipinski definition) is 4. The predicted octanol–water partition coefficient (Wildman–Crippen LogP) is 4.12. The first kappa shape index (κ1) is 18.8. The summed E-state index contributed by atoms with van der Waals surface area (Å²) in [6.45, 7) is 7.77. The molecule has 0 radical (unpaired) electrons. The van der Waals surface area contributed by atoms with E-state index in [0.29, 0.717) is 18.8 Å². The summed E-state index contributed by atoms with van der Waals surface area (Å²) in [5.41, 5.74) is 1.70. The van der Waals surface area contributed by atoms with E-state index in [2.05, 4.69) is 34.4 Å². The highest BCUT2D eigenvalue weighted by molar-refractivity contribution is 14.1. The summed E-state index contributed by atoms with van der Waals surface area (Å²) in [6, 6.07) is 4.86. The van der Waals surface area contributed by atoms with E-state index in [4.69, 9.17) is 4.74 Å². The van der Waals surface area contributed by atoms with Crippen LogP contribution in [0.15, 0.2) is 18.2 Å². The zero-order valence-corrected chi connectivity index (χ0v) is 16.4. The standard InChI is InChI=1S/C17H23IN2O4/c1-4-5-8-19-9-10-20(16(23)24-17(2,3)18)13-7-6-12(15(21)22)11-14(13)19/h6-7,11H,4-5,8-10H2,1-3H3,(H,21,22). The molecule has 1 aromatic carbocycles. The number of carbonyl (C=O) groups is 2. The van der Waals surface area contributed by atoms with E-state index >= 15 is 0 Å². The fourth-order valence-corrected chi connectivity index (χ4v) is 2.82. The Hall–Kier alpha value is -1.51. The first-order chi connectivity index (χ1) is 11.2.